The first-order chi connectivity index (χ1) is 8.19. The van der Waals surface area contributed by atoms with E-state index in [0.29, 0.717) is 31.1 Å². The molecule has 0 saturated carbocycles. The predicted octanol–water partition coefficient (Wildman–Crippen LogP) is 1.04. The molecule has 0 spiro atoms. The van der Waals surface area contributed by atoms with E-state index in [1.54, 1.807) is 7.11 Å². The van der Waals surface area contributed by atoms with Crippen LogP contribution in [-0.2, 0) is 11.3 Å². The Bertz CT molecular complexity index is 314. The van der Waals surface area contributed by atoms with Crippen molar-refractivity contribution in [1.29, 1.82) is 0 Å². The van der Waals surface area contributed by atoms with E-state index >= 15 is 0 Å². The predicted molar refractivity (Wildman–Crippen MR) is 66.0 cm³/mol. The van der Waals surface area contributed by atoms with Crippen LogP contribution in [0, 0.1) is 0 Å². The molecule has 6 heteroatoms. The topological polar surface area (TPSA) is 63.4 Å². The van der Waals surface area contributed by atoms with Crippen molar-refractivity contribution in [3.05, 3.63) is 5.89 Å². The third-order valence-corrected chi connectivity index (χ3v) is 2.39. The van der Waals surface area contributed by atoms with Crippen molar-refractivity contribution in [2.45, 2.75) is 33.4 Å². The van der Waals surface area contributed by atoms with Crippen LogP contribution in [0.3, 0.4) is 0 Å². The van der Waals surface area contributed by atoms with E-state index in [0.717, 1.165) is 13.1 Å². The summed E-state index contributed by atoms with van der Waals surface area (Å²) in [6.07, 6.45) is 0. The minimum absolute atomic E-state index is 0.303. The van der Waals surface area contributed by atoms with Crippen molar-refractivity contribution in [1.82, 2.24) is 15.5 Å². The number of ether oxygens (including phenoxy) is 1. The number of hydrogen-bond acceptors (Lipinski definition) is 6. The molecular formula is C11H22N4O2. The first-order valence-electron chi connectivity index (χ1n) is 5.97. The van der Waals surface area contributed by atoms with Crippen LogP contribution in [0.1, 0.15) is 26.7 Å². The Morgan fingerprint density at radius 1 is 1.41 bits per heavy atom. The molecule has 0 aliphatic rings. The van der Waals surface area contributed by atoms with E-state index in [4.69, 9.17) is 9.15 Å². The number of methoxy groups -OCH3 is 1. The maximum atomic E-state index is 5.59. The minimum atomic E-state index is 0.303. The van der Waals surface area contributed by atoms with E-state index in [-0.39, 0.29) is 0 Å². The number of nitrogens with one attached hydrogen (secondary N) is 1. The number of nitrogens with zero attached hydrogens (tertiary/aromatic N) is 3. The maximum Gasteiger partial charge on any atom is 0.318 e. The number of aromatic nitrogens is 2. The summed E-state index contributed by atoms with van der Waals surface area (Å²) in [6.45, 7) is 9.10. The number of rotatable bonds is 8. The lowest BCUT2D eigenvalue weighted by Gasteiger charge is -2.23. The van der Waals surface area contributed by atoms with Gasteiger partial charge >= 0.3 is 6.01 Å². The van der Waals surface area contributed by atoms with Crippen LogP contribution in [0.25, 0.3) is 0 Å². The summed E-state index contributed by atoms with van der Waals surface area (Å²) in [7, 11) is 1.68. The van der Waals surface area contributed by atoms with Crippen molar-refractivity contribution in [2.24, 2.45) is 0 Å². The third-order valence-electron chi connectivity index (χ3n) is 2.39. The SMILES string of the molecule is CCNCc1nnc(N(CCOC)C(C)C)o1. The van der Waals surface area contributed by atoms with Crippen LogP contribution < -0.4 is 10.2 Å². The van der Waals surface area contributed by atoms with Crippen molar-refractivity contribution >= 4 is 6.01 Å². The monoisotopic (exact) mass is 242 g/mol. The molecule has 1 aromatic heterocycles. The van der Waals surface area contributed by atoms with E-state index in [9.17, 15) is 0 Å². The van der Waals surface area contributed by atoms with E-state index in [1.165, 1.54) is 0 Å². The van der Waals surface area contributed by atoms with E-state index in [2.05, 4.69) is 29.4 Å². The summed E-state index contributed by atoms with van der Waals surface area (Å²) in [4.78, 5) is 2.03. The molecule has 0 radical (unpaired) electrons. The van der Waals surface area contributed by atoms with Gasteiger partial charge in [-0.1, -0.05) is 12.0 Å². The molecule has 0 saturated heterocycles. The van der Waals surface area contributed by atoms with Gasteiger partial charge in [-0.15, -0.1) is 5.10 Å². The van der Waals surface area contributed by atoms with Gasteiger partial charge < -0.3 is 19.4 Å². The zero-order valence-electron chi connectivity index (χ0n) is 11.1. The van der Waals surface area contributed by atoms with Gasteiger partial charge in [-0.2, -0.15) is 0 Å². The smallest absolute Gasteiger partial charge is 0.318 e. The third kappa shape index (κ3) is 4.32. The van der Waals surface area contributed by atoms with Crippen molar-refractivity contribution in [3.63, 3.8) is 0 Å². The Morgan fingerprint density at radius 2 is 2.18 bits per heavy atom. The van der Waals surface area contributed by atoms with Gasteiger partial charge in [0, 0.05) is 19.7 Å². The fourth-order valence-electron chi connectivity index (χ4n) is 1.43. The Morgan fingerprint density at radius 3 is 2.76 bits per heavy atom. The highest BCUT2D eigenvalue weighted by Crippen LogP contribution is 2.14. The van der Waals surface area contributed by atoms with Crippen LogP contribution >= 0.6 is 0 Å². The molecule has 1 heterocycles. The lowest BCUT2D eigenvalue weighted by Crippen LogP contribution is -2.34. The van der Waals surface area contributed by atoms with Crippen LogP contribution in [0.5, 0.6) is 0 Å². The molecule has 0 aliphatic carbocycles. The zero-order chi connectivity index (χ0) is 12.7. The minimum Gasteiger partial charge on any atom is -0.407 e. The molecule has 0 unspecified atom stereocenters. The standard InChI is InChI=1S/C11H22N4O2/c1-5-12-8-10-13-14-11(17-10)15(9(2)3)6-7-16-4/h9,12H,5-8H2,1-4H3. The summed E-state index contributed by atoms with van der Waals surface area (Å²) in [6, 6.07) is 0.863. The summed E-state index contributed by atoms with van der Waals surface area (Å²) in [5.74, 6) is 0.616. The van der Waals surface area contributed by atoms with Crippen molar-refractivity contribution in [2.75, 3.05) is 31.7 Å². The summed E-state index contributed by atoms with van der Waals surface area (Å²) in [5.41, 5.74) is 0. The fourth-order valence-corrected chi connectivity index (χ4v) is 1.43. The summed E-state index contributed by atoms with van der Waals surface area (Å²) in [5, 5.41) is 11.2. The van der Waals surface area contributed by atoms with Gasteiger partial charge in [-0.05, 0) is 20.4 Å². The average Bonchev–Trinajstić information content (AvgIpc) is 2.75. The Hall–Kier alpha value is -1.14. The van der Waals surface area contributed by atoms with Gasteiger partial charge in [0.15, 0.2) is 0 Å². The molecule has 0 bridgehead atoms. The van der Waals surface area contributed by atoms with Gasteiger partial charge in [-0.25, -0.2) is 0 Å². The molecule has 0 aromatic carbocycles. The molecule has 1 aromatic rings. The molecule has 98 valence electrons. The second kappa shape index (κ2) is 7.24. The van der Waals surface area contributed by atoms with Crippen LogP contribution in [0.4, 0.5) is 6.01 Å². The molecule has 1 rings (SSSR count). The van der Waals surface area contributed by atoms with Gasteiger partial charge in [0.1, 0.15) is 0 Å². The van der Waals surface area contributed by atoms with Crippen LogP contribution in [-0.4, -0.2) is 43.0 Å². The average molecular weight is 242 g/mol. The fraction of sp³-hybridized carbons (Fsp3) is 0.818. The number of hydrogen-bond donors (Lipinski definition) is 1. The van der Waals surface area contributed by atoms with Crippen LogP contribution in [0.2, 0.25) is 0 Å². The number of anilines is 1. The molecular weight excluding hydrogens is 220 g/mol. The first kappa shape index (κ1) is 13.9. The zero-order valence-corrected chi connectivity index (χ0v) is 11.1. The molecule has 0 fully saturated rings. The van der Waals surface area contributed by atoms with Gasteiger partial charge in [-0.3, -0.25) is 0 Å². The highest BCUT2D eigenvalue weighted by atomic mass is 16.5. The van der Waals surface area contributed by atoms with Gasteiger partial charge in [0.05, 0.1) is 13.2 Å². The molecule has 0 amide bonds. The molecule has 17 heavy (non-hydrogen) atoms. The lowest BCUT2D eigenvalue weighted by atomic mass is 10.3. The van der Waals surface area contributed by atoms with Gasteiger partial charge in [0.2, 0.25) is 5.89 Å². The molecule has 1 N–H and O–H groups in total. The second-order valence-electron chi connectivity index (χ2n) is 4.04. The van der Waals surface area contributed by atoms with Crippen LogP contribution in [0.15, 0.2) is 4.42 Å². The van der Waals surface area contributed by atoms with Crippen molar-refractivity contribution < 1.29 is 9.15 Å². The van der Waals surface area contributed by atoms with Crippen molar-refractivity contribution in [3.8, 4) is 0 Å². The summed E-state index contributed by atoms with van der Waals surface area (Å²) < 4.78 is 10.7. The second-order valence-corrected chi connectivity index (χ2v) is 4.04. The quantitative estimate of drug-likeness (QED) is 0.735. The lowest BCUT2D eigenvalue weighted by molar-refractivity contribution is 0.202. The molecule has 0 atom stereocenters. The Labute approximate surface area is 102 Å². The normalized spacial score (nSPS) is 11.1. The molecule has 0 aliphatic heterocycles. The maximum absolute atomic E-state index is 5.59. The highest BCUT2D eigenvalue weighted by Gasteiger charge is 2.16. The Kier molecular flexibility index (Phi) is 5.93. The highest BCUT2D eigenvalue weighted by molar-refractivity contribution is 5.25. The molecule has 6 nitrogen and oxygen atoms in total. The largest absolute Gasteiger partial charge is 0.407 e. The van der Waals surface area contributed by atoms with E-state index < -0.39 is 0 Å². The first-order valence-corrected chi connectivity index (χ1v) is 5.97. The van der Waals surface area contributed by atoms with E-state index in [1.807, 2.05) is 11.8 Å². The summed E-state index contributed by atoms with van der Waals surface area (Å²) >= 11 is 0. The van der Waals surface area contributed by atoms with Gasteiger partial charge in [0.25, 0.3) is 0 Å². The Balaban J connectivity index is 2.63.